The molecule has 0 saturated carbocycles. The van der Waals surface area contributed by atoms with Crippen LogP contribution < -0.4 is 11.1 Å². The summed E-state index contributed by atoms with van der Waals surface area (Å²) in [4.78, 5) is 20.7. The minimum Gasteiger partial charge on any atom is -0.351 e. The summed E-state index contributed by atoms with van der Waals surface area (Å²) in [6.07, 6.45) is 5.16. The van der Waals surface area contributed by atoms with Crippen LogP contribution in [0.25, 0.3) is 11.0 Å². The molecule has 1 heterocycles. The Morgan fingerprint density at radius 3 is 2.48 bits per heavy atom. The first kappa shape index (κ1) is 15.4. The van der Waals surface area contributed by atoms with Crippen molar-refractivity contribution in [3.8, 4) is 0 Å². The lowest BCUT2D eigenvalue weighted by atomic mass is 9.82. The number of aromatic nitrogens is 2. The molecule has 112 valence electrons. The Balaban J connectivity index is 2.11. The number of hydrogen-bond donors (Lipinski definition) is 2. The SMILES string of the molecule is CCC(CC)(CN)CNC(=O)c1ccc2nccnc2c1. The number of nitrogens with zero attached hydrogens (tertiary/aromatic N) is 2. The average molecular weight is 286 g/mol. The molecule has 0 atom stereocenters. The number of hydrogen-bond acceptors (Lipinski definition) is 4. The second kappa shape index (κ2) is 6.63. The second-order valence-corrected chi connectivity index (χ2v) is 5.35. The van der Waals surface area contributed by atoms with E-state index in [0.717, 1.165) is 23.9 Å². The zero-order valence-corrected chi connectivity index (χ0v) is 12.6. The van der Waals surface area contributed by atoms with Gasteiger partial charge in [0.1, 0.15) is 0 Å². The van der Waals surface area contributed by atoms with Gasteiger partial charge in [0, 0.05) is 24.5 Å². The molecule has 0 bridgehead atoms. The zero-order chi connectivity index (χ0) is 15.3. The Kier molecular flexibility index (Phi) is 4.85. The lowest BCUT2D eigenvalue weighted by Crippen LogP contribution is -2.41. The van der Waals surface area contributed by atoms with E-state index in [0.29, 0.717) is 18.7 Å². The molecule has 0 radical (unpaired) electrons. The predicted octanol–water partition coefficient (Wildman–Crippen LogP) is 2.12. The van der Waals surface area contributed by atoms with Crippen LogP contribution in [0.1, 0.15) is 37.0 Å². The van der Waals surface area contributed by atoms with E-state index in [1.54, 1.807) is 24.5 Å². The fourth-order valence-electron chi connectivity index (χ4n) is 2.34. The molecule has 5 heteroatoms. The summed E-state index contributed by atoms with van der Waals surface area (Å²) in [7, 11) is 0. The number of nitrogens with one attached hydrogen (secondary N) is 1. The summed E-state index contributed by atoms with van der Waals surface area (Å²) < 4.78 is 0. The fraction of sp³-hybridized carbons (Fsp3) is 0.438. The van der Waals surface area contributed by atoms with Crippen molar-refractivity contribution in [2.45, 2.75) is 26.7 Å². The van der Waals surface area contributed by atoms with Crippen molar-refractivity contribution in [1.29, 1.82) is 0 Å². The monoisotopic (exact) mass is 286 g/mol. The Bertz CT molecular complexity index is 614. The number of benzene rings is 1. The largest absolute Gasteiger partial charge is 0.351 e. The smallest absolute Gasteiger partial charge is 0.251 e. The van der Waals surface area contributed by atoms with Crippen LogP contribution in [-0.2, 0) is 0 Å². The van der Waals surface area contributed by atoms with Gasteiger partial charge in [0.15, 0.2) is 0 Å². The molecule has 2 rings (SSSR count). The van der Waals surface area contributed by atoms with Crippen molar-refractivity contribution in [3.05, 3.63) is 36.2 Å². The molecular weight excluding hydrogens is 264 g/mol. The number of carbonyl (C=O) groups excluding carboxylic acids is 1. The van der Waals surface area contributed by atoms with Gasteiger partial charge in [-0.2, -0.15) is 0 Å². The number of rotatable bonds is 6. The number of nitrogens with two attached hydrogens (primary N) is 1. The molecule has 0 saturated heterocycles. The number of amides is 1. The van der Waals surface area contributed by atoms with E-state index >= 15 is 0 Å². The van der Waals surface area contributed by atoms with E-state index in [1.165, 1.54) is 0 Å². The molecule has 0 unspecified atom stereocenters. The second-order valence-electron chi connectivity index (χ2n) is 5.35. The highest BCUT2D eigenvalue weighted by molar-refractivity contribution is 5.97. The molecule has 3 N–H and O–H groups in total. The molecule has 0 fully saturated rings. The molecule has 1 aromatic heterocycles. The van der Waals surface area contributed by atoms with Gasteiger partial charge in [-0.25, -0.2) is 0 Å². The minimum absolute atomic E-state index is 0.0215. The van der Waals surface area contributed by atoms with Crippen LogP contribution in [0.2, 0.25) is 0 Å². The molecular formula is C16H22N4O. The van der Waals surface area contributed by atoms with Crippen molar-refractivity contribution < 1.29 is 4.79 Å². The number of carbonyl (C=O) groups is 1. The van der Waals surface area contributed by atoms with Gasteiger partial charge in [-0.15, -0.1) is 0 Å². The van der Waals surface area contributed by atoms with Crippen LogP contribution in [0.15, 0.2) is 30.6 Å². The zero-order valence-electron chi connectivity index (χ0n) is 12.6. The maximum atomic E-state index is 12.3. The van der Waals surface area contributed by atoms with Gasteiger partial charge in [0.25, 0.3) is 5.91 Å². The standard InChI is InChI=1S/C16H22N4O/c1-3-16(4-2,10-17)11-20-15(21)12-5-6-13-14(9-12)19-8-7-18-13/h5-9H,3-4,10-11,17H2,1-2H3,(H,20,21). The highest BCUT2D eigenvalue weighted by atomic mass is 16.1. The maximum absolute atomic E-state index is 12.3. The Labute approximate surface area is 125 Å². The van der Waals surface area contributed by atoms with Crippen LogP contribution in [0, 0.1) is 5.41 Å². The Morgan fingerprint density at radius 1 is 1.19 bits per heavy atom. The van der Waals surface area contributed by atoms with Gasteiger partial charge < -0.3 is 11.1 Å². The molecule has 1 aromatic carbocycles. The van der Waals surface area contributed by atoms with Gasteiger partial charge >= 0.3 is 0 Å². The van der Waals surface area contributed by atoms with E-state index < -0.39 is 0 Å². The van der Waals surface area contributed by atoms with E-state index in [1.807, 2.05) is 6.07 Å². The topological polar surface area (TPSA) is 80.9 Å². The molecule has 0 aliphatic rings. The van der Waals surface area contributed by atoms with Crippen molar-refractivity contribution in [3.63, 3.8) is 0 Å². The summed E-state index contributed by atoms with van der Waals surface area (Å²) in [5, 5.41) is 2.99. The molecule has 1 amide bonds. The van der Waals surface area contributed by atoms with E-state index in [9.17, 15) is 4.79 Å². The predicted molar refractivity (Wildman–Crippen MR) is 83.9 cm³/mol. The summed E-state index contributed by atoms with van der Waals surface area (Å²) in [6.45, 7) is 5.37. The molecule has 0 aliphatic carbocycles. The van der Waals surface area contributed by atoms with Crippen LogP contribution in [0.4, 0.5) is 0 Å². The first-order chi connectivity index (χ1) is 10.1. The van der Waals surface area contributed by atoms with Crippen LogP contribution in [0.5, 0.6) is 0 Å². The highest BCUT2D eigenvalue weighted by Crippen LogP contribution is 2.23. The summed E-state index contributed by atoms with van der Waals surface area (Å²) in [5.41, 5.74) is 7.94. The van der Waals surface area contributed by atoms with Gasteiger partial charge in [-0.05, 0) is 43.0 Å². The third kappa shape index (κ3) is 3.36. The van der Waals surface area contributed by atoms with Gasteiger partial charge in [-0.1, -0.05) is 13.8 Å². The average Bonchev–Trinajstić information content (AvgIpc) is 2.56. The van der Waals surface area contributed by atoms with Gasteiger partial charge in [0.2, 0.25) is 0 Å². The van der Waals surface area contributed by atoms with Crippen LogP contribution in [0.3, 0.4) is 0 Å². The van der Waals surface area contributed by atoms with Crippen molar-refractivity contribution in [1.82, 2.24) is 15.3 Å². The lowest BCUT2D eigenvalue weighted by molar-refractivity contribution is 0.0928. The van der Waals surface area contributed by atoms with Crippen LogP contribution >= 0.6 is 0 Å². The summed E-state index contributed by atoms with van der Waals surface area (Å²) in [5.74, 6) is -0.0951. The Morgan fingerprint density at radius 2 is 1.86 bits per heavy atom. The van der Waals surface area contributed by atoms with Crippen molar-refractivity contribution in [2.75, 3.05) is 13.1 Å². The van der Waals surface area contributed by atoms with Crippen molar-refractivity contribution >= 4 is 16.9 Å². The van der Waals surface area contributed by atoms with Crippen LogP contribution in [-0.4, -0.2) is 29.0 Å². The third-order valence-corrected chi connectivity index (χ3v) is 4.29. The van der Waals surface area contributed by atoms with Gasteiger partial charge in [-0.3, -0.25) is 14.8 Å². The van der Waals surface area contributed by atoms with E-state index in [4.69, 9.17) is 5.73 Å². The van der Waals surface area contributed by atoms with Gasteiger partial charge in [0.05, 0.1) is 11.0 Å². The fourth-order valence-corrected chi connectivity index (χ4v) is 2.34. The quantitative estimate of drug-likeness (QED) is 0.852. The first-order valence-electron chi connectivity index (χ1n) is 7.33. The third-order valence-electron chi connectivity index (χ3n) is 4.29. The molecule has 21 heavy (non-hydrogen) atoms. The first-order valence-corrected chi connectivity index (χ1v) is 7.33. The maximum Gasteiger partial charge on any atom is 0.251 e. The highest BCUT2D eigenvalue weighted by Gasteiger charge is 2.25. The number of fused-ring (bicyclic) bond motifs is 1. The minimum atomic E-state index is -0.0951. The summed E-state index contributed by atoms with van der Waals surface area (Å²) >= 11 is 0. The molecule has 0 spiro atoms. The molecule has 2 aromatic rings. The summed E-state index contributed by atoms with van der Waals surface area (Å²) in [6, 6.07) is 5.35. The lowest BCUT2D eigenvalue weighted by Gasteiger charge is -2.30. The van der Waals surface area contributed by atoms with E-state index in [-0.39, 0.29) is 11.3 Å². The normalized spacial score (nSPS) is 11.6. The van der Waals surface area contributed by atoms with E-state index in [2.05, 4.69) is 29.1 Å². The molecule has 5 nitrogen and oxygen atoms in total. The Hall–Kier alpha value is -2.01. The van der Waals surface area contributed by atoms with Crippen molar-refractivity contribution in [2.24, 2.45) is 11.1 Å². The molecule has 0 aliphatic heterocycles.